The second kappa shape index (κ2) is 3.82. The van der Waals surface area contributed by atoms with Crippen molar-refractivity contribution in [3.05, 3.63) is 28.3 Å². The summed E-state index contributed by atoms with van der Waals surface area (Å²) in [5.74, 6) is 0. The predicted molar refractivity (Wildman–Crippen MR) is 59.1 cm³/mol. The first-order chi connectivity index (χ1) is 6.11. The molecule has 0 amide bonds. The highest BCUT2D eigenvalue weighted by Crippen LogP contribution is 2.25. The average Bonchev–Trinajstić information content (AvgIpc) is 2.13. The van der Waals surface area contributed by atoms with E-state index in [1.807, 2.05) is 0 Å². The van der Waals surface area contributed by atoms with Gasteiger partial charge in [-0.3, -0.25) is 0 Å². The number of hydrogen-bond donors (Lipinski definition) is 1. The Bertz CT molecular complexity index is 313. The third-order valence-electron chi connectivity index (χ3n) is 2.83. The average molecular weight is 177 g/mol. The Kier molecular flexibility index (Phi) is 2.97. The summed E-state index contributed by atoms with van der Waals surface area (Å²) in [6, 6.07) is 2.27. The molecule has 1 aromatic rings. The molecule has 0 atom stereocenters. The highest BCUT2D eigenvalue weighted by Gasteiger charge is 2.07. The Labute approximate surface area is 81.0 Å². The Balaban J connectivity index is 3.39. The third kappa shape index (κ3) is 1.69. The summed E-state index contributed by atoms with van der Waals surface area (Å²) in [7, 11) is 0. The number of nitrogen functional groups attached to an aromatic ring is 1. The van der Waals surface area contributed by atoms with Crippen molar-refractivity contribution < 1.29 is 0 Å². The van der Waals surface area contributed by atoms with E-state index in [0.29, 0.717) is 0 Å². The molecule has 0 aliphatic rings. The standard InChI is InChI=1S/C12H19N/c1-5-10-7-8(3)9(4)12(13)11(10)6-2/h7H,5-6,13H2,1-4H3. The molecule has 0 radical (unpaired) electrons. The zero-order valence-corrected chi connectivity index (χ0v) is 9.07. The molecule has 0 aliphatic carbocycles. The van der Waals surface area contributed by atoms with Crippen LogP contribution in [0.3, 0.4) is 0 Å². The molecule has 0 fully saturated rings. The normalized spacial score (nSPS) is 10.5. The van der Waals surface area contributed by atoms with E-state index in [-0.39, 0.29) is 0 Å². The first-order valence-corrected chi connectivity index (χ1v) is 4.99. The largest absolute Gasteiger partial charge is 0.398 e. The monoisotopic (exact) mass is 177 g/mol. The van der Waals surface area contributed by atoms with Gasteiger partial charge in [-0.1, -0.05) is 19.9 Å². The zero-order valence-electron chi connectivity index (χ0n) is 9.07. The van der Waals surface area contributed by atoms with Crippen LogP contribution in [-0.4, -0.2) is 0 Å². The molecule has 0 bridgehead atoms. The summed E-state index contributed by atoms with van der Waals surface area (Å²) >= 11 is 0. The smallest absolute Gasteiger partial charge is 0.0381 e. The summed E-state index contributed by atoms with van der Waals surface area (Å²) in [5.41, 5.74) is 12.4. The number of nitrogens with two attached hydrogens (primary N) is 1. The highest BCUT2D eigenvalue weighted by atomic mass is 14.6. The van der Waals surface area contributed by atoms with Crippen LogP contribution in [0.2, 0.25) is 0 Å². The van der Waals surface area contributed by atoms with Crippen LogP contribution >= 0.6 is 0 Å². The summed E-state index contributed by atoms with van der Waals surface area (Å²) < 4.78 is 0. The Morgan fingerprint density at radius 2 is 1.77 bits per heavy atom. The first kappa shape index (κ1) is 10.1. The molecule has 0 spiro atoms. The summed E-state index contributed by atoms with van der Waals surface area (Å²) in [6.45, 7) is 8.58. The fraction of sp³-hybridized carbons (Fsp3) is 0.500. The van der Waals surface area contributed by atoms with E-state index in [4.69, 9.17) is 5.73 Å². The van der Waals surface area contributed by atoms with Gasteiger partial charge >= 0.3 is 0 Å². The second-order valence-electron chi connectivity index (χ2n) is 3.58. The fourth-order valence-corrected chi connectivity index (χ4v) is 1.80. The Hall–Kier alpha value is -0.980. The molecular formula is C12H19N. The molecule has 0 saturated heterocycles. The number of benzene rings is 1. The molecule has 1 aromatic carbocycles. The number of hydrogen-bond acceptors (Lipinski definition) is 1. The van der Waals surface area contributed by atoms with E-state index < -0.39 is 0 Å². The maximum absolute atomic E-state index is 6.07. The molecule has 1 nitrogen and oxygen atoms in total. The first-order valence-electron chi connectivity index (χ1n) is 4.99. The van der Waals surface area contributed by atoms with Crippen LogP contribution in [0.5, 0.6) is 0 Å². The van der Waals surface area contributed by atoms with Crippen molar-refractivity contribution in [3.8, 4) is 0 Å². The maximum atomic E-state index is 6.07. The van der Waals surface area contributed by atoms with Gasteiger partial charge in [0.15, 0.2) is 0 Å². The molecule has 0 heterocycles. The van der Waals surface area contributed by atoms with Crippen LogP contribution in [-0.2, 0) is 12.8 Å². The van der Waals surface area contributed by atoms with Gasteiger partial charge < -0.3 is 5.73 Å². The third-order valence-corrected chi connectivity index (χ3v) is 2.83. The van der Waals surface area contributed by atoms with Crippen LogP contribution < -0.4 is 5.73 Å². The van der Waals surface area contributed by atoms with Gasteiger partial charge in [-0.25, -0.2) is 0 Å². The number of aryl methyl sites for hydroxylation is 2. The topological polar surface area (TPSA) is 26.0 Å². The van der Waals surface area contributed by atoms with Crippen molar-refractivity contribution in [2.24, 2.45) is 0 Å². The van der Waals surface area contributed by atoms with Crippen LogP contribution in [0.15, 0.2) is 6.07 Å². The molecule has 0 aromatic heterocycles. The highest BCUT2D eigenvalue weighted by molar-refractivity contribution is 5.59. The predicted octanol–water partition coefficient (Wildman–Crippen LogP) is 3.01. The van der Waals surface area contributed by atoms with Gasteiger partial charge in [0.2, 0.25) is 0 Å². The molecule has 72 valence electrons. The number of rotatable bonds is 2. The SMILES string of the molecule is CCc1cc(C)c(C)c(N)c1CC. The molecule has 0 saturated carbocycles. The van der Waals surface area contributed by atoms with Gasteiger partial charge in [0.05, 0.1) is 0 Å². The van der Waals surface area contributed by atoms with E-state index in [0.717, 1.165) is 18.5 Å². The van der Waals surface area contributed by atoms with E-state index in [9.17, 15) is 0 Å². The summed E-state index contributed by atoms with van der Waals surface area (Å²) in [4.78, 5) is 0. The Morgan fingerprint density at radius 1 is 1.15 bits per heavy atom. The molecule has 1 rings (SSSR count). The van der Waals surface area contributed by atoms with Crippen molar-refractivity contribution >= 4 is 5.69 Å². The van der Waals surface area contributed by atoms with Crippen molar-refractivity contribution in [1.82, 2.24) is 0 Å². The van der Waals surface area contributed by atoms with Crippen molar-refractivity contribution in [3.63, 3.8) is 0 Å². The van der Waals surface area contributed by atoms with E-state index in [1.165, 1.54) is 22.3 Å². The minimum Gasteiger partial charge on any atom is -0.398 e. The van der Waals surface area contributed by atoms with Crippen molar-refractivity contribution in [1.29, 1.82) is 0 Å². The van der Waals surface area contributed by atoms with Gasteiger partial charge in [-0.2, -0.15) is 0 Å². The maximum Gasteiger partial charge on any atom is 0.0381 e. The lowest BCUT2D eigenvalue weighted by Crippen LogP contribution is -2.02. The van der Waals surface area contributed by atoms with E-state index in [2.05, 4.69) is 33.8 Å². The molecular weight excluding hydrogens is 158 g/mol. The van der Waals surface area contributed by atoms with Crippen LogP contribution in [0.25, 0.3) is 0 Å². The summed E-state index contributed by atoms with van der Waals surface area (Å²) in [5, 5.41) is 0. The van der Waals surface area contributed by atoms with Crippen molar-refractivity contribution in [2.45, 2.75) is 40.5 Å². The molecule has 1 heteroatoms. The molecule has 13 heavy (non-hydrogen) atoms. The molecule has 0 aliphatic heterocycles. The molecule has 2 N–H and O–H groups in total. The van der Waals surface area contributed by atoms with Crippen LogP contribution in [0.4, 0.5) is 5.69 Å². The minimum atomic E-state index is 0.999. The van der Waals surface area contributed by atoms with Crippen LogP contribution in [0.1, 0.15) is 36.1 Å². The zero-order chi connectivity index (χ0) is 10.0. The second-order valence-corrected chi connectivity index (χ2v) is 3.58. The quantitative estimate of drug-likeness (QED) is 0.690. The van der Waals surface area contributed by atoms with Gasteiger partial charge in [0.1, 0.15) is 0 Å². The Morgan fingerprint density at radius 3 is 2.23 bits per heavy atom. The lowest BCUT2D eigenvalue weighted by Gasteiger charge is -2.14. The van der Waals surface area contributed by atoms with Crippen LogP contribution in [0, 0.1) is 13.8 Å². The van der Waals surface area contributed by atoms with E-state index >= 15 is 0 Å². The minimum absolute atomic E-state index is 0.999. The summed E-state index contributed by atoms with van der Waals surface area (Å²) in [6.07, 6.45) is 2.12. The number of anilines is 1. The van der Waals surface area contributed by atoms with Gasteiger partial charge in [-0.15, -0.1) is 0 Å². The van der Waals surface area contributed by atoms with Gasteiger partial charge in [0.25, 0.3) is 0 Å². The lowest BCUT2D eigenvalue weighted by molar-refractivity contribution is 1.03. The van der Waals surface area contributed by atoms with E-state index in [1.54, 1.807) is 0 Å². The van der Waals surface area contributed by atoms with Gasteiger partial charge in [0, 0.05) is 5.69 Å². The van der Waals surface area contributed by atoms with Crippen molar-refractivity contribution in [2.75, 3.05) is 5.73 Å². The molecule has 0 unspecified atom stereocenters. The van der Waals surface area contributed by atoms with Gasteiger partial charge in [-0.05, 0) is 48.9 Å². The fourth-order valence-electron chi connectivity index (χ4n) is 1.80. The lowest BCUT2D eigenvalue weighted by atomic mass is 9.94.